The van der Waals surface area contributed by atoms with Gasteiger partial charge in [0, 0.05) is 6.42 Å². The van der Waals surface area contributed by atoms with Gasteiger partial charge >= 0.3 is 12.1 Å². The number of halogens is 3. The molecule has 1 fully saturated rings. The maximum atomic E-state index is 12.4. The molecule has 174 valence electrons. The zero-order valence-corrected chi connectivity index (χ0v) is 17.8. The summed E-state index contributed by atoms with van der Waals surface area (Å²) in [5, 5.41) is 15.4. The molecular weight excluding hydrogens is 435 g/mol. The van der Waals surface area contributed by atoms with Crippen molar-refractivity contribution in [3.05, 3.63) is 59.7 Å². The lowest BCUT2D eigenvalue weighted by atomic mass is 9.99. The molecule has 3 rings (SSSR count). The lowest BCUT2D eigenvalue weighted by Gasteiger charge is -2.23. The maximum absolute atomic E-state index is 12.4. The molecule has 1 heterocycles. The van der Waals surface area contributed by atoms with Crippen LogP contribution in [0.5, 0.6) is 0 Å². The van der Waals surface area contributed by atoms with E-state index in [0.717, 1.165) is 42.5 Å². The fourth-order valence-corrected chi connectivity index (χ4v) is 3.62. The van der Waals surface area contributed by atoms with E-state index in [2.05, 4.69) is 21.4 Å². The van der Waals surface area contributed by atoms with Crippen molar-refractivity contribution in [1.29, 1.82) is 5.26 Å². The molecule has 1 saturated heterocycles. The number of nitrogens with zero attached hydrogens (tertiary/aromatic N) is 1. The minimum absolute atomic E-state index is 0.166. The Bertz CT molecular complexity index is 1010. The molecule has 2 N–H and O–H groups in total. The van der Waals surface area contributed by atoms with E-state index in [0.29, 0.717) is 12.0 Å². The van der Waals surface area contributed by atoms with Crippen LogP contribution in [0.15, 0.2) is 48.5 Å². The summed E-state index contributed by atoms with van der Waals surface area (Å²) in [5.74, 6) is -2.39. The molecule has 2 atom stereocenters. The largest absolute Gasteiger partial charge is 0.490 e. The number of piperidine rings is 1. The molecule has 0 radical (unpaired) electrons. The van der Waals surface area contributed by atoms with E-state index in [1.807, 2.05) is 24.3 Å². The number of hydrogen-bond donors (Lipinski definition) is 2. The second-order valence-corrected chi connectivity index (χ2v) is 7.87. The standard InChI is InChI=1S/C24H24F3N3O3/c25-24(26,27)23(32)33-15-17-4-3-5-19(12-17)18-9-7-16(8-10-18)13-20(14-28)30-22(31)21-6-1-2-11-29-21/h3-5,7-10,12,20-21,29H,1-2,6,11,13,15H2,(H,30,31)/t20-,21-/m0/s1. The van der Waals surface area contributed by atoms with Crippen LogP contribution < -0.4 is 10.6 Å². The third-order valence-electron chi connectivity index (χ3n) is 5.35. The van der Waals surface area contributed by atoms with Gasteiger partial charge < -0.3 is 15.4 Å². The summed E-state index contributed by atoms with van der Waals surface area (Å²) in [6.07, 6.45) is -1.90. The van der Waals surface area contributed by atoms with Gasteiger partial charge in [-0.3, -0.25) is 4.79 Å². The second kappa shape index (κ2) is 11.0. The number of amides is 1. The number of rotatable bonds is 7. The van der Waals surface area contributed by atoms with E-state index in [9.17, 15) is 28.0 Å². The monoisotopic (exact) mass is 459 g/mol. The summed E-state index contributed by atoms with van der Waals surface area (Å²) in [6.45, 7) is 0.312. The molecule has 2 aromatic carbocycles. The number of nitriles is 1. The molecule has 0 spiro atoms. The number of hydrogen-bond acceptors (Lipinski definition) is 5. The van der Waals surface area contributed by atoms with Gasteiger partial charge in [-0.05, 0) is 47.7 Å². The van der Waals surface area contributed by atoms with E-state index in [-0.39, 0.29) is 11.9 Å². The van der Waals surface area contributed by atoms with Crippen LogP contribution in [-0.2, 0) is 27.4 Å². The predicted molar refractivity (Wildman–Crippen MR) is 115 cm³/mol. The second-order valence-electron chi connectivity index (χ2n) is 7.87. The van der Waals surface area contributed by atoms with E-state index in [4.69, 9.17) is 0 Å². The molecule has 0 aliphatic carbocycles. The predicted octanol–water partition coefficient (Wildman–Crippen LogP) is 3.65. The van der Waals surface area contributed by atoms with Crippen LogP contribution in [0.25, 0.3) is 11.1 Å². The Labute approximate surface area is 189 Å². The quantitative estimate of drug-likeness (QED) is 0.617. The highest BCUT2D eigenvalue weighted by Gasteiger charge is 2.40. The van der Waals surface area contributed by atoms with Crippen LogP contribution in [0, 0.1) is 11.3 Å². The number of alkyl halides is 3. The Morgan fingerprint density at radius 2 is 1.88 bits per heavy atom. The number of nitrogens with one attached hydrogen (secondary N) is 2. The zero-order valence-electron chi connectivity index (χ0n) is 17.8. The van der Waals surface area contributed by atoms with Gasteiger partial charge in [-0.2, -0.15) is 18.4 Å². The van der Waals surface area contributed by atoms with E-state index < -0.39 is 24.8 Å². The van der Waals surface area contributed by atoms with Gasteiger partial charge in [-0.15, -0.1) is 0 Å². The molecule has 1 aliphatic rings. The highest BCUT2D eigenvalue weighted by molar-refractivity contribution is 5.82. The van der Waals surface area contributed by atoms with E-state index >= 15 is 0 Å². The minimum atomic E-state index is -5.03. The molecule has 0 saturated carbocycles. The highest BCUT2D eigenvalue weighted by Crippen LogP contribution is 2.23. The first kappa shape index (κ1) is 24.3. The summed E-state index contributed by atoms with van der Waals surface area (Å²) in [5.41, 5.74) is 2.84. The Hall–Kier alpha value is -3.38. The Balaban J connectivity index is 1.59. The van der Waals surface area contributed by atoms with Crippen molar-refractivity contribution < 1.29 is 27.5 Å². The maximum Gasteiger partial charge on any atom is 0.490 e. The van der Waals surface area contributed by atoms with Crippen molar-refractivity contribution in [2.45, 2.75) is 50.6 Å². The Morgan fingerprint density at radius 3 is 2.52 bits per heavy atom. The van der Waals surface area contributed by atoms with Crippen molar-refractivity contribution in [1.82, 2.24) is 10.6 Å². The number of ether oxygens (including phenoxy) is 1. The Kier molecular flexibility index (Phi) is 8.06. The Morgan fingerprint density at radius 1 is 1.12 bits per heavy atom. The van der Waals surface area contributed by atoms with Crippen molar-refractivity contribution >= 4 is 11.9 Å². The summed E-state index contributed by atoms with van der Waals surface area (Å²) < 4.78 is 41.2. The van der Waals surface area contributed by atoms with Crippen molar-refractivity contribution in [3.8, 4) is 17.2 Å². The molecule has 1 amide bonds. The molecule has 33 heavy (non-hydrogen) atoms. The van der Waals surface area contributed by atoms with Gasteiger partial charge in [0.2, 0.25) is 5.91 Å². The lowest BCUT2D eigenvalue weighted by Crippen LogP contribution is -2.49. The first-order chi connectivity index (χ1) is 15.8. The molecule has 1 aliphatic heterocycles. The van der Waals surface area contributed by atoms with Gasteiger partial charge in [0.25, 0.3) is 0 Å². The van der Waals surface area contributed by atoms with Crippen molar-refractivity contribution in [2.24, 2.45) is 0 Å². The summed E-state index contributed by atoms with van der Waals surface area (Å²) in [6, 6.07) is 15.2. The average molecular weight is 459 g/mol. The van der Waals surface area contributed by atoms with Crippen molar-refractivity contribution in [3.63, 3.8) is 0 Å². The van der Waals surface area contributed by atoms with Crippen LogP contribution in [0.3, 0.4) is 0 Å². The van der Waals surface area contributed by atoms with Gasteiger partial charge in [0.15, 0.2) is 0 Å². The van der Waals surface area contributed by atoms with Gasteiger partial charge in [0.1, 0.15) is 12.6 Å². The van der Waals surface area contributed by atoms with Crippen LogP contribution in [-0.4, -0.2) is 36.7 Å². The van der Waals surface area contributed by atoms with Gasteiger partial charge in [0.05, 0.1) is 12.1 Å². The SMILES string of the molecule is N#C[C@H](Cc1ccc(-c2cccc(COC(=O)C(F)(F)F)c2)cc1)NC(=O)[C@@H]1CCCCN1. The number of esters is 1. The normalized spacial score (nSPS) is 17.0. The molecule has 0 unspecified atom stereocenters. The number of carbonyl (C=O) groups excluding carboxylic acids is 2. The van der Waals surface area contributed by atoms with E-state index in [1.54, 1.807) is 24.3 Å². The summed E-state index contributed by atoms with van der Waals surface area (Å²) in [7, 11) is 0. The van der Waals surface area contributed by atoms with Crippen LogP contribution >= 0.6 is 0 Å². The minimum Gasteiger partial charge on any atom is -0.454 e. The third kappa shape index (κ3) is 7.05. The fourth-order valence-electron chi connectivity index (χ4n) is 3.62. The van der Waals surface area contributed by atoms with Crippen LogP contribution in [0.2, 0.25) is 0 Å². The third-order valence-corrected chi connectivity index (χ3v) is 5.35. The van der Waals surface area contributed by atoms with Gasteiger partial charge in [-0.1, -0.05) is 48.9 Å². The molecule has 6 nitrogen and oxygen atoms in total. The molecule has 9 heteroatoms. The highest BCUT2D eigenvalue weighted by atomic mass is 19.4. The summed E-state index contributed by atoms with van der Waals surface area (Å²) in [4.78, 5) is 23.3. The molecular formula is C24H24F3N3O3. The average Bonchev–Trinajstić information content (AvgIpc) is 2.82. The van der Waals surface area contributed by atoms with Crippen molar-refractivity contribution in [2.75, 3.05) is 6.54 Å². The van der Waals surface area contributed by atoms with Crippen LogP contribution in [0.1, 0.15) is 30.4 Å². The number of benzene rings is 2. The fraction of sp³-hybridized carbons (Fsp3) is 0.375. The lowest BCUT2D eigenvalue weighted by molar-refractivity contribution is -0.201. The molecule has 2 aromatic rings. The first-order valence-corrected chi connectivity index (χ1v) is 10.6. The zero-order chi connectivity index (χ0) is 23.8. The summed E-state index contributed by atoms with van der Waals surface area (Å²) >= 11 is 0. The van der Waals surface area contributed by atoms with E-state index in [1.165, 1.54) is 0 Å². The molecule has 0 bridgehead atoms. The van der Waals surface area contributed by atoms with Crippen LogP contribution in [0.4, 0.5) is 13.2 Å². The number of carbonyl (C=O) groups is 2. The smallest absolute Gasteiger partial charge is 0.454 e. The van der Waals surface area contributed by atoms with Gasteiger partial charge in [-0.25, -0.2) is 4.79 Å². The topological polar surface area (TPSA) is 91.2 Å². The molecule has 0 aromatic heterocycles. The first-order valence-electron chi connectivity index (χ1n) is 10.6.